The van der Waals surface area contributed by atoms with E-state index >= 15 is 0 Å². The lowest BCUT2D eigenvalue weighted by Crippen LogP contribution is -1.81. The van der Waals surface area contributed by atoms with Gasteiger partial charge in [-0.25, -0.2) is 0 Å². The predicted molar refractivity (Wildman–Crippen MR) is 56.2 cm³/mol. The van der Waals surface area contributed by atoms with E-state index < -0.39 is 0 Å². The molecule has 68 valence electrons. The largest absolute Gasteiger partial charge is 0.457 e. The number of ether oxygens (including phenoxy) is 1. The molecule has 2 rings (SSSR count). The SMILES string of the molecule is [C].c1ccc(Oc2ccccc2)cc1. The fourth-order valence-corrected chi connectivity index (χ4v) is 1.11. The minimum atomic E-state index is 0. The molecule has 14 heavy (non-hydrogen) atoms. The first kappa shape index (κ1) is 10.3. The first-order valence-electron chi connectivity index (χ1n) is 4.23. The number of rotatable bonds is 2. The van der Waals surface area contributed by atoms with Gasteiger partial charge in [-0.05, 0) is 24.3 Å². The van der Waals surface area contributed by atoms with Crippen LogP contribution in [0.25, 0.3) is 0 Å². The maximum Gasteiger partial charge on any atom is 0.127 e. The van der Waals surface area contributed by atoms with Crippen molar-refractivity contribution in [2.45, 2.75) is 0 Å². The van der Waals surface area contributed by atoms with Crippen LogP contribution in [0.2, 0.25) is 0 Å². The van der Waals surface area contributed by atoms with E-state index in [1.165, 1.54) is 0 Å². The smallest absolute Gasteiger partial charge is 0.127 e. The van der Waals surface area contributed by atoms with Gasteiger partial charge in [-0.2, -0.15) is 0 Å². The minimum absolute atomic E-state index is 0. The van der Waals surface area contributed by atoms with Crippen molar-refractivity contribution in [2.75, 3.05) is 0 Å². The third-order valence-corrected chi connectivity index (χ3v) is 1.72. The molecule has 0 atom stereocenters. The average Bonchev–Trinajstić information content (AvgIpc) is 2.21. The molecule has 0 aliphatic heterocycles. The first-order chi connectivity index (χ1) is 6.45. The summed E-state index contributed by atoms with van der Waals surface area (Å²) in [4.78, 5) is 0. The Balaban J connectivity index is 0.000000980. The van der Waals surface area contributed by atoms with Crippen molar-refractivity contribution in [2.24, 2.45) is 0 Å². The Labute approximate surface area is 85.0 Å². The molecule has 0 saturated heterocycles. The highest BCUT2D eigenvalue weighted by Gasteiger charge is 1.92. The lowest BCUT2D eigenvalue weighted by Gasteiger charge is -2.03. The molecule has 2 aromatic carbocycles. The van der Waals surface area contributed by atoms with Crippen LogP contribution in [0, 0.1) is 7.43 Å². The molecular formula is C13H10O. The van der Waals surface area contributed by atoms with Gasteiger partial charge in [-0.3, -0.25) is 0 Å². The molecule has 2 aromatic rings. The zero-order chi connectivity index (χ0) is 8.93. The standard InChI is InChI=1S/C12H10O.C/c1-3-7-11(8-4-1)13-12-9-5-2-6-10-12;/h1-10H;. The Morgan fingerprint density at radius 3 is 1.29 bits per heavy atom. The predicted octanol–water partition coefficient (Wildman–Crippen LogP) is 3.56. The summed E-state index contributed by atoms with van der Waals surface area (Å²) in [5, 5.41) is 0. The monoisotopic (exact) mass is 182 g/mol. The van der Waals surface area contributed by atoms with Crippen molar-refractivity contribution in [1.29, 1.82) is 0 Å². The zero-order valence-corrected chi connectivity index (χ0v) is 7.68. The van der Waals surface area contributed by atoms with Gasteiger partial charge >= 0.3 is 0 Å². The summed E-state index contributed by atoms with van der Waals surface area (Å²) in [5.41, 5.74) is 0. The number of hydrogen-bond donors (Lipinski definition) is 0. The normalized spacial score (nSPS) is 8.86. The van der Waals surface area contributed by atoms with Gasteiger partial charge < -0.3 is 4.74 Å². The Kier molecular flexibility index (Phi) is 3.74. The summed E-state index contributed by atoms with van der Waals surface area (Å²) >= 11 is 0. The molecular weight excluding hydrogens is 172 g/mol. The van der Waals surface area contributed by atoms with E-state index in [0.717, 1.165) is 11.5 Å². The second-order valence-electron chi connectivity index (χ2n) is 2.73. The van der Waals surface area contributed by atoms with Crippen LogP contribution in [-0.4, -0.2) is 0 Å². The molecule has 0 aliphatic carbocycles. The fourth-order valence-electron chi connectivity index (χ4n) is 1.11. The van der Waals surface area contributed by atoms with Crippen LogP contribution in [0.5, 0.6) is 11.5 Å². The highest BCUT2D eigenvalue weighted by atomic mass is 16.5. The fraction of sp³-hybridized carbons (Fsp3) is 0. The van der Waals surface area contributed by atoms with E-state index in [4.69, 9.17) is 4.74 Å². The maximum absolute atomic E-state index is 5.58. The van der Waals surface area contributed by atoms with Gasteiger partial charge in [0, 0.05) is 7.43 Å². The second kappa shape index (κ2) is 5.07. The van der Waals surface area contributed by atoms with Crippen molar-refractivity contribution in [3.63, 3.8) is 0 Å². The van der Waals surface area contributed by atoms with E-state index in [1.807, 2.05) is 60.7 Å². The van der Waals surface area contributed by atoms with Crippen molar-refractivity contribution in [3.05, 3.63) is 68.1 Å². The Bertz CT molecular complexity index is 316. The molecule has 0 aromatic heterocycles. The van der Waals surface area contributed by atoms with Crippen LogP contribution in [0.4, 0.5) is 0 Å². The van der Waals surface area contributed by atoms with Gasteiger partial charge in [0.1, 0.15) is 11.5 Å². The highest BCUT2D eigenvalue weighted by molar-refractivity contribution is 5.30. The molecule has 0 aliphatic rings. The van der Waals surface area contributed by atoms with Gasteiger partial charge in [-0.1, -0.05) is 36.4 Å². The lowest BCUT2D eigenvalue weighted by molar-refractivity contribution is 0.482. The van der Waals surface area contributed by atoms with Crippen LogP contribution >= 0.6 is 0 Å². The van der Waals surface area contributed by atoms with Crippen LogP contribution in [0.3, 0.4) is 0 Å². The van der Waals surface area contributed by atoms with Crippen molar-refractivity contribution >= 4 is 0 Å². The molecule has 0 heterocycles. The summed E-state index contributed by atoms with van der Waals surface area (Å²) in [6.07, 6.45) is 0. The van der Waals surface area contributed by atoms with Crippen LogP contribution < -0.4 is 4.74 Å². The summed E-state index contributed by atoms with van der Waals surface area (Å²) < 4.78 is 5.58. The minimum Gasteiger partial charge on any atom is -0.457 e. The highest BCUT2D eigenvalue weighted by Crippen LogP contribution is 2.19. The van der Waals surface area contributed by atoms with Crippen LogP contribution in [-0.2, 0) is 0 Å². The van der Waals surface area contributed by atoms with Gasteiger partial charge in [0.2, 0.25) is 0 Å². The van der Waals surface area contributed by atoms with Crippen molar-refractivity contribution < 1.29 is 4.74 Å². The number of para-hydroxylation sites is 2. The van der Waals surface area contributed by atoms with Crippen molar-refractivity contribution in [1.82, 2.24) is 0 Å². The topological polar surface area (TPSA) is 9.23 Å². The molecule has 0 bridgehead atoms. The van der Waals surface area contributed by atoms with Crippen molar-refractivity contribution in [3.8, 4) is 11.5 Å². The maximum atomic E-state index is 5.58. The summed E-state index contributed by atoms with van der Waals surface area (Å²) in [5.74, 6) is 1.74. The van der Waals surface area contributed by atoms with E-state index in [0.29, 0.717) is 0 Å². The number of benzene rings is 2. The zero-order valence-electron chi connectivity index (χ0n) is 7.68. The molecule has 0 fully saturated rings. The van der Waals surface area contributed by atoms with E-state index in [1.54, 1.807) is 0 Å². The van der Waals surface area contributed by atoms with Crippen LogP contribution in [0.15, 0.2) is 60.7 Å². The third-order valence-electron chi connectivity index (χ3n) is 1.72. The Morgan fingerprint density at radius 1 is 0.571 bits per heavy atom. The molecule has 0 saturated carbocycles. The molecule has 0 N–H and O–H groups in total. The quantitative estimate of drug-likeness (QED) is 0.690. The molecule has 0 spiro atoms. The van der Waals surface area contributed by atoms with Gasteiger partial charge in [0.25, 0.3) is 0 Å². The van der Waals surface area contributed by atoms with Gasteiger partial charge in [0.05, 0.1) is 0 Å². The molecule has 0 amide bonds. The van der Waals surface area contributed by atoms with E-state index in [9.17, 15) is 0 Å². The lowest BCUT2D eigenvalue weighted by atomic mass is 10.3. The molecule has 1 nitrogen and oxygen atoms in total. The molecule has 1 heteroatoms. The second-order valence-corrected chi connectivity index (χ2v) is 2.73. The van der Waals surface area contributed by atoms with E-state index in [2.05, 4.69) is 0 Å². The summed E-state index contributed by atoms with van der Waals surface area (Å²) in [6.45, 7) is 0. The van der Waals surface area contributed by atoms with Gasteiger partial charge in [0.15, 0.2) is 0 Å². The number of hydrogen-bond acceptors (Lipinski definition) is 1. The Morgan fingerprint density at radius 2 is 0.929 bits per heavy atom. The third kappa shape index (κ3) is 2.63. The molecule has 0 unspecified atom stereocenters. The summed E-state index contributed by atoms with van der Waals surface area (Å²) in [6, 6.07) is 19.5. The molecule has 4 radical (unpaired) electrons. The average molecular weight is 182 g/mol. The van der Waals surface area contributed by atoms with E-state index in [-0.39, 0.29) is 7.43 Å². The Hall–Kier alpha value is -1.76. The van der Waals surface area contributed by atoms with Crippen LogP contribution in [0.1, 0.15) is 0 Å². The summed E-state index contributed by atoms with van der Waals surface area (Å²) in [7, 11) is 0. The van der Waals surface area contributed by atoms with Gasteiger partial charge in [-0.15, -0.1) is 0 Å². The first-order valence-corrected chi connectivity index (χ1v) is 4.23.